The van der Waals surface area contributed by atoms with Gasteiger partial charge in [-0.25, -0.2) is 0 Å². The van der Waals surface area contributed by atoms with E-state index in [9.17, 15) is 0 Å². The zero-order chi connectivity index (χ0) is 7.98. The molecule has 2 nitrogen and oxygen atoms in total. The highest BCUT2D eigenvalue weighted by Gasteiger charge is 2.07. The van der Waals surface area contributed by atoms with Crippen molar-refractivity contribution in [2.24, 2.45) is 5.10 Å². The van der Waals surface area contributed by atoms with E-state index in [1.165, 1.54) is 6.42 Å². The van der Waals surface area contributed by atoms with Gasteiger partial charge in [-0.15, -0.1) is 0 Å². The van der Waals surface area contributed by atoms with Gasteiger partial charge in [0.05, 0.1) is 0 Å². The van der Waals surface area contributed by atoms with E-state index in [0.29, 0.717) is 6.04 Å². The maximum absolute atomic E-state index is 4.12. The monoisotopic (exact) mass is 142 g/mol. The molecule has 1 aliphatic rings. The molecule has 0 aromatic rings. The van der Waals surface area contributed by atoms with Crippen LogP contribution >= 0.6 is 0 Å². The van der Waals surface area contributed by atoms with Crippen molar-refractivity contribution in [2.45, 2.75) is 39.7 Å². The van der Waals surface area contributed by atoms with Crippen molar-refractivity contribution in [3.8, 4) is 0 Å². The van der Waals surface area contributed by atoms with Crippen molar-refractivity contribution in [1.29, 1.82) is 0 Å². The van der Waals surface area contributed by atoms with Gasteiger partial charge in [-0.05, 0) is 19.8 Å². The molecule has 0 saturated carbocycles. The standard InChI is InChI=1S/C6H12N2.C2H6/c1-6-4-3-5-7-8(6)2;1-2/h5-6H,3-4H2,1-2H3;1-2H3. The van der Waals surface area contributed by atoms with E-state index in [4.69, 9.17) is 0 Å². The fraction of sp³-hybridized carbons (Fsp3) is 0.875. The Balaban J connectivity index is 0.000000371. The summed E-state index contributed by atoms with van der Waals surface area (Å²) in [6.45, 7) is 6.19. The number of hydrazone groups is 1. The Labute approximate surface area is 63.9 Å². The summed E-state index contributed by atoms with van der Waals surface area (Å²) < 4.78 is 0. The maximum Gasteiger partial charge on any atom is 0.0442 e. The number of hydrogen-bond donors (Lipinski definition) is 0. The molecule has 1 atom stereocenters. The Bertz CT molecular complexity index is 99.4. The topological polar surface area (TPSA) is 15.6 Å². The van der Waals surface area contributed by atoms with Crippen LogP contribution in [-0.2, 0) is 0 Å². The highest BCUT2D eigenvalue weighted by atomic mass is 15.4. The van der Waals surface area contributed by atoms with Gasteiger partial charge >= 0.3 is 0 Å². The molecule has 10 heavy (non-hydrogen) atoms. The highest BCUT2D eigenvalue weighted by Crippen LogP contribution is 2.07. The summed E-state index contributed by atoms with van der Waals surface area (Å²) in [7, 11) is 2.01. The second kappa shape index (κ2) is 5.27. The van der Waals surface area contributed by atoms with Crippen LogP contribution in [0.3, 0.4) is 0 Å². The third-order valence-corrected chi connectivity index (χ3v) is 1.62. The van der Waals surface area contributed by atoms with Crippen molar-refractivity contribution < 1.29 is 0 Å². The van der Waals surface area contributed by atoms with Crippen LogP contribution in [0.1, 0.15) is 33.6 Å². The molecule has 0 amide bonds. The van der Waals surface area contributed by atoms with Crippen LogP contribution in [0.5, 0.6) is 0 Å². The smallest absolute Gasteiger partial charge is 0.0442 e. The van der Waals surface area contributed by atoms with Crippen molar-refractivity contribution in [3.05, 3.63) is 0 Å². The molecule has 0 saturated heterocycles. The van der Waals surface area contributed by atoms with E-state index in [1.807, 2.05) is 32.1 Å². The van der Waals surface area contributed by atoms with Gasteiger partial charge in [-0.1, -0.05) is 13.8 Å². The first-order valence-electron chi connectivity index (χ1n) is 4.06. The molecule has 2 heteroatoms. The van der Waals surface area contributed by atoms with Gasteiger partial charge in [-0.3, -0.25) is 5.01 Å². The van der Waals surface area contributed by atoms with Crippen LogP contribution in [0.2, 0.25) is 0 Å². The lowest BCUT2D eigenvalue weighted by Crippen LogP contribution is -2.26. The molecule has 1 heterocycles. The Morgan fingerprint density at radius 2 is 2.10 bits per heavy atom. The summed E-state index contributed by atoms with van der Waals surface area (Å²) in [6, 6.07) is 0.639. The fourth-order valence-corrected chi connectivity index (χ4v) is 0.803. The predicted molar refractivity (Wildman–Crippen MR) is 46.3 cm³/mol. The fourth-order valence-electron chi connectivity index (χ4n) is 0.803. The summed E-state index contributed by atoms with van der Waals surface area (Å²) in [5, 5.41) is 6.12. The zero-order valence-electron chi connectivity index (χ0n) is 7.46. The molecule has 0 aliphatic carbocycles. The average molecular weight is 142 g/mol. The van der Waals surface area contributed by atoms with E-state index in [0.717, 1.165) is 6.42 Å². The van der Waals surface area contributed by atoms with Gasteiger partial charge in [0.25, 0.3) is 0 Å². The summed E-state index contributed by atoms with van der Waals surface area (Å²) in [4.78, 5) is 0. The van der Waals surface area contributed by atoms with Crippen LogP contribution < -0.4 is 0 Å². The van der Waals surface area contributed by atoms with Crippen LogP contribution in [0.4, 0.5) is 0 Å². The molecule has 0 N–H and O–H groups in total. The minimum absolute atomic E-state index is 0.639. The molecule has 60 valence electrons. The largest absolute Gasteiger partial charge is 0.298 e. The average Bonchev–Trinajstić information content (AvgIpc) is 2.00. The molecular formula is C8H18N2. The number of hydrogen-bond acceptors (Lipinski definition) is 2. The minimum Gasteiger partial charge on any atom is -0.298 e. The quantitative estimate of drug-likeness (QED) is 0.506. The Morgan fingerprint density at radius 1 is 1.50 bits per heavy atom. The van der Waals surface area contributed by atoms with Crippen LogP contribution in [-0.4, -0.2) is 24.3 Å². The second-order valence-electron chi connectivity index (χ2n) is 2.30. The van der Waals surface area contributed by atoms with E-state index in [1.54, 1.807) is 0 Å². The third kappa shape index (κ3) is 2.85. The van der Waals surface area contributed by atoms with Crippen LogP contribution in [0, 0.1) is 0 Å². The molecule has 1 rings (SSSR count). The Hall–Kier alpha value is -0.530. The minimum atomic E-state index is 0.639. The van der Waals surface area contributed by atoms with Gasteiger partial charge in [0, 0.05) is 19.3 Å². The summed E-state index contributed by atoms with van der Waals surface area (Å²) in [5.74, 6) is 0. The molecular weight excluding hydrogens is 124 g/mol. The lowest BCUT2D eigenvalue weighted by molar-refractivity contribution is 0.249. The lowest BCUT2D eigenvalue weighted by Gasteiger charge is -2.24. The van der Waals surface area contributed by atoms with Gasteiger partial charge < -0.3 is 0 Å². The maximum atomic E-state index is 4.12. The number of rotatable bonds is 0. The first-order valence-corrected chi connectivity index (χ1v) is 4.06. The van der Waals surface area contributed by atoms with E-state index in [2.05, 4.69) is 12.0 Å². The van der Waals surface area contributed by atoms with Gasteiger partial charge in [-0.2, -0.15) is 5.10 Å². The molecule has 0 aromatic carbocycles. The lowest BCUT2D eigenvalue weighted by atomic mass is 10.2. The van der Waals surface area contributed by atoms with Crippen molar-refractivity contribution in [1.82, 2.24) is 5.01 Å². The van der Waals surface area contributed by atoms with Gasteiger partial charge in [0.2, 0.25) is 0 Å². The molecule has 1 aliphatic heterocycles. The predicted octanol–water partition coefficient (Wildman–Crippen LogP) is 2.11. The summed E-state index contributed by atoms with van der Waals surface area (Å²) >= 11 is 0. The normalized spacial score (nSPS) is 23.6. The van der Waals surface area contributed by atoms with Crippen LogP contribution in [0.25, 0.3) is 0 Å². The first-order chi connectivity index (χ1) is 4.80. The highest BCUT2D eigenvalue weighted by molar-refractivity contribution is 5.57. The number of nitrogens with zero attached hydrogens (tertiary/aromatic N) is 2. The second-order valence-corrected chi connectivity index (χ2v) is 2.30. The first kappa shape index (κ1) is 9.47. The molecule has 1 unspecified atom stereocenters. The van der Waals surface area contributed by atoms with Crippen molar-refractivity contribution in [3.63, 3.8) is 0 Å². The third-order valence-electron chi connectivity index (χ3n) is 1.62. The molecule has 0 spiro atoms. The van der Waals surface area contributed by atoms with E-state index >= 15 is 0 Å². The molecule has 0 fully saturated rings. The summed E-state index contributed by atoms with van der Waals surface area (Å²) in [6.07, 6.45) is 4.37. The Kier molecular flexibility index (Phi) is 4.99. The molecule has 0 radical (unpaired) electrons. The molecule has 0 aromatic heterocycles. The van der Waals surface area contributed by atoms with Crippen molar-refractivity contribution in [2.75, 3.05) is 7.05 Å². The Morgan fingerprint density at radius 3 is 2.40 bits per heavy atom. The SMILES string of the molecule is CC.CC1CCC=NN1C. The summed E-state index contributed by atoms with van der Waals surface area (Å²) in [5.41, 5.74) is 0. The molecule has 0 bridgehead atoms. The van der Waals surface area contributed by atoms with E-state index in [-0.39, 0.29) is 0 Å². The van der Waals surface area contributed by atoms with Gasteiger partial charge in [0.1, 0.15) is 0 Å². The van der Waals surface area contributed by atoms with E-state index < -0.39 is 0 Å². The van der Waals surface area contributed by atoms with Gasteiger partial charge in [0.15, 0.2) is 0 Å². The van der Waals surface area contributed by atoms with Crippen LogP contribution in [0.15, 0.2) is 5.10 Å². The zero-order valence-corrected chi connectivity index (χ0v) is 7.46. The van der Waals surface area contributed by atoms with Crippen molar-refractivity contribution >= 4 is 6.21 Å².